The first-order valence-corrected chi connectivity index (χ1v) is 5.75. The van der Waals surface area contributed by atoms with E-state index in [4.69, 9.17) is 0 Å². The Balaban J connectivity index is 2.14. The molecule has 0 aromatic heterocycles. The van der Waals surface area contributed by atoms with Gasteiger partial charge in [-0.1, -0.05) is 35.9 Å². The maximum Gasteiger partial charge on any atom is 0.389 e. The third-order valence-corrected chi connectivity index (χ3v) is 3.08. The van der Waals surface area contributed by atoms with Crippen LogP contribution in [-0.2, 0) is 4.79 Å². The van der Waals surface area contributed by atoms with Crippen LogP contribution in [0.5, 0.6) is 0 Å². The van der Waals surface area contributed by atoms with E-state index in [-0.39, 0.29) is 6.42 Å². The molecule has 18 heavy (non-hydrogen) atoms. The summed E-state index contributed by atoms with van der Waals surface area (Å²) >= 11 is 0. The fraction of sp³-hybridized carbons (Fsp3) is 0.357. The number of rotatable bonds is 2. The molecule has 4 heteroatoms. The molecular weight excluding hydrogens is 241 g/mol. The van der Waals surface area contributed by atoms with Crippen molar-refractivity contribution in [2.45, 2.75) is 25.9 Å². The Morgan fingerprint density at radius 1 is 1.22 bits per heavy atom. The summed E-state index contributed by atoms with van der Waals surface area (Å²) < 4.78 is 36.9. The topological polar surface area (TPSA) is 17.1 Å². The highest BCUT2D eigenvalue weighted by Crippen LogP contribution is 2.36. The lowest BCUT2D eigenvalue weighted by atomic mass is 9.96. The summed E-state index contributed by atoms with van der Waals surface area (Å²) in [5, 5.41) is 0. The van der Waals surface area contributed by atoms with Gasteiger partial charge in [0.25, 0.3) is 0 Å². The minimum Gasteiger partial charge on any atom is -0.294 e. The number of Topliss-reactive ketones (excluding diaryl/α,β-unsaturated/α-hetero) is 1. The van der Waals surface area contributed by atoms with Gasteiger partial charge in [-0.2, -0.15) is 13.2 Å². The zero-order valence-corrected chi connectivity index (χ0v) is 9.92. The summed E-state index contributed by atoms with van der Waals surface area (Å²) in [6, 6.07) is 7.24. The van der Waals surface area contributed by atoms with Gasteiger partial charge in [0, 0.05) is 11.5 Å². The number of carbonyl (C=O) groups is 1. The Morgan fingerprint density at radius 3 is 2.39 bits per heavy atom. The maximum absolute atomic E-state index is 12.3. The van der Waals surface area contributed by atoms with Gasteiger partial charge in [-0.05, 0) is 18.9 Å². The lowest BCUT2D eigenvalue weighted by Crippen LogP contribution is -2.19. The third kappa shape index (κ3) is 2.81. The van der Waals surface area contributed by atoms with Crippen LogP contribution in [0.4, 0.5) is 13.2 Å². The summed E-state index contributed by atoms with van der Waals surface area (Å²) in [6.07, 6.45) is -3.51. The van der Waals surface area contributed by atoms with Gasteiger partial charge in [0.15, 0.2) is 5.78 Å². The number of allylic oxidation sites excluding steroid dienone is 2. The van der Waals surface area contributed by atoms with E-state index >= 15 is 0 Å². The highest BCUT2D eigenvalue weighted by atomic mass is 19.4. The minimum absolute atomic E-state index is 0.182. The minimum atomic E-state index is -4.28. The van der Waals surface area contributed by atoms with Crippen molar-refractivity contribution in [2.75, 3.05) is 0 Å². The predicted octanol–water partition coefficient (Wildman–Crippen LogP) is 3.92. The predicted molar refractivity (Wildman–Crippen MR) is 62.9 cm³/mol. The molecule has 1 aromatic rings. The van der Waals surface area contributed by atoms with Crippen molar-refractivity contribution in [3.8, 4) is 0 Å². The molecule has 1 unspecified atom stereocenters. The number of carbonyl (C=O) groups excluding carboxylic acids is 1. The van der Waals surface area contributed by atoms with E-state index in [0.29, 0.717) is 11.1 Å². The average molecular weight is 254 g/mol. The molecule has 0 saturated carbocycles. The summed E-state index contributed by atoms with van der Waals surface area (Å²) in [5.41, 5.74) is 2.18. The summed E-state index contributed by atoms with van der Waals surface area (Å²) in [7, 11) is 0. The molecule has 0 spiro atoms. The van der Waals surface area contributed by atoms with Crippen molar-refractivity contribution in [1.82, 2.24) is 0 Å². The van der Waals surface area contributed by atoms with Crippen molar-refractivity contribution in [3.63, 3.8) is 0 Å². The van der Waals surface area contributed by atoms with Crippen molar-refractivity contribution >= 4 is 11.4 Å². The molecule has 2 rings (SSSR count). The van der Waals surface area contributed by atoms with Gasteiger partial charge in [-0.15, -0.1) is 0 Å². The number of hydrogen-bond donors (Lipinski definition) is 0. The Kier molecular flexibility index (Phi) is 3.28. The van der Waals surface area contributed by atoms with Crippen LogP contribution in [0.2, 0.25) is 0 Å². The summed E-state index contributed by atoms with van der Waals surface area (Å²) in [5.74, 6) is -1.34. The van der Waals surface area contributed by atoms with Gasteiger partial charge in [0.2, 0.25) is 0 Å². The molecule has 1 aromatic carbocycles. The van der Waals surface area contributed by atoms with E-state index in [9.17, 15) is 18.0 Å². The molecule has 1 aliphatic rings. The van der Waals surface area contributed by atoms with Gasteiger partial charge in [0.05, 0.1) is 6.42 Å². The quantitative estimate of drug-likeness (QED) is 0.781. The molecule has 0 N–H and O–H groups in total. The SMILES string of the molecule is Cc1ccc(C2=CCC(CC(F)(F)F)C2=O)cc1. The van der Waals surface area contributed by atoms with E-state index in [0.717, 1.165) is 5.56 Å². The number of benzene rings is 1. The molecule has 0 radical (unpaired) electrons. The van der Waals surface area contributed by atoms with Gasteiger partial charge in [-0.25, -0.2) is 0 Å². The van der Waals surface area contributed by atoms with E-state index < -0.39 is 24.3 Å². The molecule has 1 nitrogen and oxygen atoms in total. The molecule has 0 amide bonds. The van der Waals surface area contributed by atoms with Crippen molar-refractivity contribution < 1.29 is 18.0 Å². The second-order valence-corrected chi connectivity index (χ2v) is 4.60. The van der Waals surface area contributed by atoms with Crippen LogP contribution in [0.1, 0.15) is 24.0 Å². The molecule has 1 aliphatic carbocycles. The van der Waals surface area contributed by atoms with E-state index in [2.05, 4.69) is 0 Å². The van der Waals surface area contributed by atoms with Crippen molar-refractivity contribution in [2.24, 2.45) is 5.92 Å². The van der Waals surface area contributed by atoms with Crippen LogP contribution >= 0.6 is 0 Å². The standard InChI is InChI=1S/C14H13F3O/c1-9-2-4-10(5-3-9)12-7-6-11(13(12)18)8-14(15,16)17/h2-5,7,11H,6,8H2,1H3. The van der Waals surface area contributed by atoms with Gasteiger partial charge in [-0.3, -0.25) is 4.79 Å². The maximum atomic E-state index is 12.3. The first-order chi connectivity index (χ1) is 8.37. The first-order valence-electron chi connectivity index (χ1n) is 5.75. The van der Waals surface area contributed by atoms with Gasteiger partial charge >= 0.3 is 6.18 Å². The second kappa shape index (κ2) is 4.59. The molecule has 0 fully saturated rings. The molecule has 0 saturated heterocycles. The van der Waals surface area contributed by atoms with Crippen LogP contribution in [0.3, 0.4) is 0 Å². The van der Waals surface area contributed by atoms with Gasteiger partial charge < -0.3 is 0 Å². The molecule has 0 bridgehead atoms. The van der Waals surface area contributed by atoms with Crippen LogP contribution in [0, 0.1) is 12.8 Å². The molecule has 0 aliphatic heterocycles. The lowest BCUT2D eigenvalue weighted by Gasteiger charge is -2.12. The number of aryl methyl sites for hydroxylation is 1. The highest BCUT2D eigenvalue weighted by molar-refractivity contribution is 6.23. The second-order valence-electron chi connectivity index (χ2n) is 4.60. The van der Waals surface area contributed by atoms with Crippen LogP contribution in [0.25, 0.3) is 5.57 Å². The summed E-state index contributed by atoms with van der Waals surface area (Å²) in [4.78, 5) is 11.9. The average Bonchev–Trinajstić information content (AvgIpc) is 2.60. The first kappa shape index (κ1) is 12.9. The Hall–Kier alpha value is -1.58. The Labute approximate surface area is 103 Å². The van der Waals surface area contributed by atoms with Crippen LogP contribution < -0.4 is 0 Å². The highest BCUT2D eigenvalue weighted by Gasteiger charge is 2.38. The van der Waals surface area contributed by atoms with E-state index in [1.54, 1.807) is 18.2 Å². The van der Waals surface area contributed by atoms with Gasteiger partial charge in [0.1, 0.15) is 0 Å². The Bertz CT molecular complexity index is 483. The Morgan fingerprint density at radius 2 is 1.83 bits per heavy atom. The third-order valence-electron chi connectivity index (χ3n) is 3.08. The number of alkyl halides is 3. The van der Waals surface area contributed by atoms with Crippen LogP contribution in [0.15, 0.2) is 30.3 Å². The summed E-state index contributed by atoms with van der Waals surface area (Å²) in [6.45, 7) is 1.92. The lowest BCUT2D eigenvalue weighted by molar-refractivity contribution is -0.150. The zero-order valence-electron chi connectivity index (χ0n) is 9.92. The number of halogens is 3. The largest absolute Gasteiger partial charge is 0.389 e. The molecule has 96 valence electrons. The van der Waals surface area contributed by atoms with E-state index in [1.165, 1.54) is 0 Å². The molecule has 0 heterocycles. The van der Waals surface area contributed by atoms with Crippen LogP contribution in [-0.4, -0.2) is 12.0 Å². The monoisotopic (exact) mass is 254 g/mol. The van der Waals surface area contributed by atoms with E-state index in [1.807, 2.05) is 19.1 Å². The number of hydrogen-bond acceptors (Lipinski definition) is 1. The zero-order chi connectivity index (χ0) is 13.3. The van der Waals surface area contributed by atoms with Crippen molar-refractivity contribution in [3.05, 3.63) is 41.5 Å². The molecular formula is C14H13F3O. The normalized spacial score (nSPS) is 20.1. The number of ketones is 1. The molecule has 1 atom stereocenters. The fourth-order valence-electron chi connectivity index (χ4n) is 2.14. The smallest absolute Gasteiger partial charge is 0.294 e. The fourth-order valence-corrected chi connectivity index (χ4v) is 2.14. The van der Waals surface area contributed by atoms with Crippen molar-refractivity contribution in [1.29, 1.82) is 0 Å².